The molecule has 1 heterocycles. The third-order valence-electron chi connectivity index (χ3n) is 4.66. The van der Waals surface area contributed by atoms with Gasteiger partial charge >= 0.3 is 11.9 Å². The van der Waals surface area contributed by atoms with Gasteiger partial charge in [0.1, 0.15) is 12.2 Å². The van der Waals surface area contributed by atoms with E-state index in [9.17, 15) is 14.4 Å². The van der Waals surface area contributed by atoms with E-state index < -0.39 is 41.8 Å². The SMILES string of the molecule is CC(C)(C)OC(=O)CC(N)C(=O)C(C(=O)OCc1ccccc1)n1nnnc1-c1ccccc1. The van der Waals surface area contributed by atoms with Crippen molar-refractivity contribution < 1.29 is 23.9 Å². The number of aromatic nitrogens is 4. The molecule has 3 rings (SSSR count). The van der Waals surface area contributed by atoms with Crippen molar-refractivity contribution in [3.05, 3.63) is 66.2 Å². The van der Waals surface area contributed by atoms with Gasteiger partial charge in [-0.1, -0.05) is 60.7 Å². The van der Waals surface area contributed by atoms with Gasteiger partial charge in [-0.3, -0.25) is 9.59 Å². The molecule has 1 aromatic heterocycles. The van der Waals surface area contributed by atoms with Crippen LogP contribution in [0.2, 0.25) is 0 Å². The highest BCUT2D eigenvalue weighted by Gasteiger charge is 2.38. The number of benzene rings is 2. The van der Waals surface area contributed by atoms with E-state index in [4.69, 9.17) is 15.2 Å². The number of hydrogen-bond acceptors (Lipinski definition) is 9. The molecular weight excluding hydrogens is 438 g/mol. The second kappa shape index (κ2) is 10.8. The Hall–Kier alpha value is -3.92. The predicted molar refractivity (Wildman–Crippen MR) is 122 cm³/mol. The summed E-state index contributed by atoms with van der Waals surface area (Å²) in [6.45, 7) is 5.05. The molecule has 2 atom stereocenters. The van der Waals surface area contributed by atoms with Crippen molar-refractivity contribution in [2.75, 3.05) is 0 Å². The summed E-state index contributed by atoms with van der Waals surface area (Å²) in [5, 5.41) is 11.5. The van der Waals surface area contributed by atoms with Crippen LogP contribution < -0.4 is 5.73 Å². The molecule has 0 radical (unpaired) electrons. The molecule has 10 nitrogen and oxygen atoms in total. The average molecular weight is 466 g/mol. The molecule has 2 aromatic carbocycles. The maximum Gasteiger partial charge on any atom is 0.339 e. The highest BCUT2D eigenvalue weighted by atomic mass is 16.6. The van der Waals surface area contributed by atoms with Crippen LogP contribution in [0, 0.1) is 0 Å². The number of esters is 2. The predicted octanol–water partition coefficient (Wildman–Crippen LogP) is 2.25. The number of nitrogens with two attached hydrogens (primary N) is 1. The van der Waals surface area contributed by atoms with Crippen molar-refractivity contribution in [2.45, 2.75) is 51.5 Å². The minimum Gasteiger partial charge on any atom is -0.460 e. The first-order chi connectivity index (χ1) is 16.2. The molecule has 3 aromatic rings. The molecule has 178 valence electrons. The molecule has 0 aliphatic rings. The van der Waals surface area contributed by atoms with Gasteiger partial charge in [0, 0.05) is 5.56 Å². The highest BCUT2D eigenvalue weighted by molar-refractivity contribution is 6.05. The number of carbonyl (C=O) groups is 3. The minimum absolute atomic E-state index is 0.0620. The third kappa shape index (κ3) is 6.55. The Morgan fingerprint density at radius 2 is 1.62 bits per heavy atom. The van der Waals surface area contributed by atoms with Crippen molar-refractivity contribution in [3.8, 4) is 11.4 Å². The summed E-state index contributed by atoms with van der Waals surface area (Å²) in [4.78, 5) is 38.7. The second-order valence-corrected chi connectivity index (χ2v) is 8.61. The summed E-state index contributed by atoms with van der Waals surface area (Å²) in [6, 6.07) is 14.9. The first kappa shape index (κ1) is 24.7. The van der Waals surface area contributed by atoms with E-state index in [1.807, 2.05) is 12.1 Å². The fraction of sp³-hybridized carbons (Fsp3) is 0.333. The fourth-order valence-corrected chi connectivity index (χ4v) is 3.16. The standard InChI is InChI=1S/C24H27N5O5/c1-24(2,3)34-19(30)14-18(25)21(31)20(23(32)33-15-16-10-6-4-7-11-16)29-22(26-27-28-29)17-12-8-5-9-13-17/h4-13,18,20H,14-15,25H2,1-3H3. The molecule has 0 aliphatic heterocycles. The fourth-order valence-electron chi connectivity index (χ4n) is 3.16. The number of ether oxygens (including phenoxy) is 2. The Bertz CT molecular complexity index is 1130. The molecule has 0 spiro atoms. The lowest BCUT2D eigenvalue weighted by molar-refractivity contribution is -0.158. The lowest BCUT2D eigenvalue weighted by Gasteiger charge is -2.22. The Morgan fingerprint density at radius 3 is 2.24 bits per heavy atom. The Balaban J connectivity index is 1.88. The molecule has 0 saturated carbocycles. The molecule has 34 heavy (non-hydrogen) atoms. The Labute approximate surface area is 197 Å². The quantitative estimate of drug-likeness (QED) is 0.372. The van der Waals surface area contributed by atoms with E-state index in [2.05, 4.69) is 15.5 Å². The van der Waals surface area contributed by atoms with E-state index in [-0.39, 0.29) is 12.4 Å². The van der Waals surface area contributed by atoms with Crippen LogP contribution in [0.4, 0.5) is 0 Å². The number of hydrogen-bond donors (Lipinski definition) is 1. The van der Waals surface area contributed by atoms with Gasteiger partial charge in [0.15, 0.2) is 11.6 Å². The first-order valence-corrected chi connectivity index (χ1v) is 10.7. The van der Waals surface area contributed by atoms with Crippen molar-refractivity contribution >= 4 is 17.7 Å². The molecule has 10 heteroatoms. The number of nitrogens with zero attached hydrogens (tertiary/aromatic N) is 4. The highest BCUT2D eigenvalue weighted by Crippen LogP contribution is 2.22. The topological polar surface area (TPSA) is 139 Å². The lowest BCUT2D eigenvalue weighted by atomic mass is 10.0. The zero-order valence-electron chi connectivity index (χ0n) is 19.2. The molecule has 2 unspecified atom stereocenters. The second-order valence-electron chi connectivity index (χ2n) is 8.61. The zero-order chi connectivity index (χ0) is 24.7. The van der Waals surface area contributed by atoms with E-state index >= 15 is 0 Å². The first-order valence-electron chi connectivity index (χ1n) is 10.7. The number of tetrazole rings is 1. The van der Waals surface area contributed by atoms with Gasteiger partial charge in [0.2, 0.25) is 6.04 Å². The minimum atomic E-state index is -1.59. The van der Waals surface area contributed by atoms with E-state index in [0.29, 0.717) is 5.56 Å². The van der Waals surface area contributed by atoms with Crippen molar-refractivity contribution in [3.63, 3.8) is 0 Å². The van der Waals surface area contributed by atoms with Crippen molar-refractivity contribution in [1.29, 1.82) is 0 Å². The molecule has 0 fully saturated rings. The van der Waals surface area contributed by atoms with Gasteiger partial charge in [-0.15, -0.1) is 5.10 Å². The summed E-state index contributed by atoms with van der Waals surface area (Å²) in [5.41, 5.74) is 6.61. The van der Waals surface area contributed by atoms with Crippen LogP contribution in [-0.4, -0.2) is 49.6 Å². The maximum atomic E-state index is 13.3. The van der Waals surface area contributed by atoms with Crippen LogP contribution in [0.15, 0.2) is 60.7 Å². The summed E-state index contributed by atoms with van der Waals surface area (Å²) < 4.78 is 11.7. The Morgan fingerprint density at radius 1 is 1.00 bits per heavy atom. The summed E-state index contributed by atoms with van der Waals surface area (Å²) in [7, 11) is 0. The lowest BCUT2D eigenvalue weighted by Crippen LogP contribution is -2.43. The molecule has 0 saturated heterocycles. The van der Waals surface area contributed by atoms with E-state index in [1.165, 1.54) is 0 Å². The molecule has 0 amide bonds. The smallest absolute Gasteiger partial charge is 0.339 e. The largest absolute Gasteiger partial charge is 0.460 e. The van der Waals surface area contributed by atoms with Crippen LogP contribution in [0.3, 0.4) is 0 Å². The van der Waals surface area contributed by atoms with E-state index in [1.54, 1.807) is 69.3 Å². The van der Waals surface area contributed by atoms with Gasteiger partial charge in [-0.2, -0.15) is 0 Å². The zero-order valence-corrected chi connectivity index (χ0v) is 19.2. The van der Waals surface area contributed by atoms with Crippen molar-refractivity contribution in [2.24, 2.45) is 5.73 Å². The molecular formula is C24H27N5O5. The number of carbonyl (C=O) groups excluding carboxylic acids is 3. The van der Waals surface area contributed by atoms with E-state index in [0.717, 1.165) is 10.2 Å². The average Bonchev–Trinajstić information content (AvgIpc) is 3.27. The van der Waals surface area contributed by atoms with Crippen LogP contribution in [0.25, 0.3) is 11.4 Å². The monoisotopic (exact) mass is 465 g/mol. The number of Topliss-reactive ketones (excluding diaryl/α,β-unsaturated/α-hetero) is 1. The number of rotatable bonds is 9. The molecule has 0 bridgehead atoms. The molecule has 0 aliphatic carbocycles. The van der Waals surface area contributed by atoms with Gasteiger partial charge in [-0.05, 0) is 36.8 Å². The summed E-state index contributed by atoms with van der Waals surface area (Å²) in [6.07, 6.45) is -0.415. The van der Waals surface area contributed by atoms with Crippen LogP contribution >= 0.6 is 0 Å². The van der Waals surface area contributed by atoms with Gasteiger partial charge in [0.25, 0.3) is 0 Å². The van der Waals surface area contributed by atoms with Gasteiger partial charge in [0.05, 0.1) is 12.5 Å². The van der Waals surface area contributed by atoms with Crippen LogP contribution in [-0.2, 0) is 30.5 Å². The summed E-state index contributed by atoms with van der Waals surface area (Å²) in [5.74, 6) is -2.14. The normalized spacial score (nSPS) is 13.1. The van der Waals surface area contributed by atoms with Crippen molar-refractivity contribution in [1.82, 2.24) is 20.2 Å². The van der Waals surface area contributed by atoms with Gasteiger partial charge < -0.3 is 15.2 Å². The summed E-state index contributed by atoms with van der Waals surface area (Å²) >= 11 is 0. The third-order valence-corrected chi connectivity index (χ3v) is 4.66. The maximum absolute atomic E-state index is 13.3. The van der Waals surface area contributed by atoms with Gasteiger partial charge in [-0.25, -0.2) is 9.48 Å². The van der Waals surface area contributed by atoms with Crippen LogP contribution in [0.5, 0.6) is 0 Å². The van der Waals surface area contributed by atoms with Crippen LogP contribution in [0.1, 0.15) is 38.8 Å². The Kier molecular flexibility index (Phi) is 7.85. The molecule has 2 N–H and O–H groups in total. The number of ketones is 1.